The number of hydrogen-bond acceptors (Lipinski definition) is 4. The second kappa shape index (κ2) is 5.93. The number of nitrogens with zero attached hydrogens (tertiary/aromatic N) is 4. The summed E-state index contributed by atoms with van der Waals surface area (Å²) in [5.74, 6) is 0.480. The van der Waals surface area contributed by atoms with Gasteiger partial charge in [-0.15, -0.1) is 0 Å². The van der Waals surface area contributed by atoms with Crippen LogP contribution in [-0.4, -0.2) is 44.2 Å². The number of rotatable bonds is 3. The third kappa shape index (κ3) is 3.13. The smallest absolute Gasteiger partial charge is 0.112 e. The molecule has 0 bridgehead atoms. The summed E-state index contributed by atoms with van der Waals surface area (Å²) in [4.78, 5) is 11.7. The normalized spacial score (nSPS) is 20.1. The minimum atomic E-state index is 0.480. The van der Waals surface area contributed by atoms with Crippen molar-refractivity contribution in [2.45, 2.75) is 45.6 Å². The monoisotopic (exact) mass is 285 g/mol. The zero-order chi connectivity index (χ0) is 14.8. The Hall–Kier alpha value is -1.75. The van der Waals surface area contributed by atoms with E-state index < -0.39 is 0 Å². The molecule has 2 aromatic rings. The number of aromatic nitrogens is 4. The second-order valence-corrected chi connectivity index (χ2v) is 6.19. The molecule has 1 aliphatic rings. The maximum absolute atomic E-state index is 4.80. The minimum absolute atomic E-state index is 0.480. The largest absolute Gasteiger partial charge is 0.300 e. The maximum Gasteiger partial charge on any atom is 0.112 e. The number of hydrogen-bond donors (Lipinski definition) is 1. The first-order valence-electron chi connectivity index (χ1n) is 7.72. The van der Waals surface area contributed by atoms with Crippen LogP contribution in [0.4, 0.5) is 0 Å². The number of nitrogens with one attached hydrogen (secondary N) is 1. The molecule has 5 heteroatoms. The second-order valence-electron chi connectivity index (χ2n) is 6.19. The van der Waals surface area contributed by atoms with Crippen LogP contribution in [0.5, 0.6) is 0 Å². The van der Waals surface area contributed by atoms with Crippen LogP contribution < -0.4 is 0 Å². The predicted molar refractivity (Wildman–Crippen MR) is 83.0 cm³/mol. The third-order valence-corrected chi connectivity index (χ3v) is 4.22. The predicted octanol–water partition coefficient (Wildman–Crippen LogP) is 2.76. The van der Waals surface area contributed by atoms with Crippen LogP contribution in [0, 0.1) is 6.92 Å². The van der Waals surface area contributed by atoms with Gasteiger partial charge >= 0.3 is 0 Å². The van der Waals surface area contributed by atoms with Gasteiger partial charge in [0, 0.05) is 30.4 Å². The molecule has 1 N–H and O–H groups in total. The Morgan fingerprint density at radius 1 is 1.29 bits per heavy atom. The van der Waals surface area contributed by atoms with Gasteiger partial charge in [0.25, 0.3) is 0 Å². The highest BCUT2D eigenvalue weighted by atomic mass is 15.2. The van der Waals surface area contributed by atoms with Crippen molar-refractivity contribution in [2.75, 3.05) is 13.1 Å². The fraction of sp³-hybridized carbons (Fsp3) is 0.562. The van der Waals surface area contributed by atoms with Crippen LogP contribution in [0.15, 0.2) is 18.5 Å². The molecule has 1 atom stereocenters. The summed E-state index contributed by atoms with van der Waals surface area (Å²) >= 11 is 0. The first-order chi connectivity index (χ1) is 10.1. The van der Waals surface area contributed by atoms with Crippen molar-refractivity contribution in [1.29, 1.82) is 0 Å². The van der Waals surface area contributed by atoms with E-state index in [-0.39, 0.29) is 0 Å². The molecule has 2 aromatic heterocycles. The van der Waals surface area contributed by atoms with Crippen LogP contribution in [0.1, 0.15) is 44.0 Å². The van der Waals surface area contributed by atoms with Crippen molar-refractivity contribution < 1.29 is 0 Å². The van der Waals surface area contributed by atoms with Gasteiger partial charge < -0.3 is 4.90 Å². The Morgan fingerprint density at radius 2 is 2.14 bits per heavy atom. The van der Waals surface area contributed by atoms with Crippen LogP contribution in [0.3, 0.4) is 0 Å². The molecule has 1 fully saturated rings. The van der Waals surface area contributed by atoms with Gasteiger partial charge in [-0.05, 0) is 46.2 Å². The summed E-state index contributed by atoms with van der Waals surface area (Å²) in [5, 5.41) is 7.24. The molecule has 0 aromatic carbocycles. The molecule has 0 radical (unpaired) electrons. The summed E-state index contributed by atoms with van der Waals surface area (Å²) < 4.78 is 0. The highest BCUT2D eigenvalue weighted by Gasteiger charge is 2.24. The number of piperidine rings is 1. The lowest BCUT2D eigenvalue weighted by molar-refractivity contribution is 0.166. The first-order valence-corrected chi connectivity index (χ1v) is 7.72. The highest BCUT2D eigenvalue weighted by molar-refractivity contribution is 5.53. The summed E-state index contributed by atoms with van der Waals surface area (Å²) in [7, 11) is 0. The van der Waals surface area contributed by atoms with Crippen molar-refractivity contribution in [3.05, 3.63) is 29.8 Å². The minimum Gasteiger partial charge on any atom is -0.300 e. The molecule has 21 heavy (non-hydrogen) atoms. The molecule has 0 spiro atoms. The van der Waals surface area contributed by atoms with Crippen molar-refractivity contribution in [3.63, 3.8) is 0 Å². The van der Waals surface area contributed by atoms with Crippen molar-refractivity contribution in [2.24, 2.45) is 0 Å². The Bertz CT molecular complexity index is 604. The van der Waals surface area contributed by atoms with Crippen LogP contribution in [-0.2, 0) is 0 Å². The molecular formula is C16H23N5. The van der Waals surface area contributed by atoms with E-state index in [4.69, 9.17) is 4.98 Å². The SMILES string of the molecule is Cc1cc(-c2cncc([C@H]3CCCN(C(C)C)C3)n2)n[nH]1. The van der Waals surface area contributed by atoms with Gasteiger partial charge in [-0.2, -0.15) is 5.10 Å². The molecule has 0 amide bonds. The number of aromatic amines is 1. The van der Waals surface area contributed by atoms with Crippen molar-refractivity contribution in [3.8, 4) is 11.4 Å². The summed E-state index contributed by atoms with van der Waals surface area (Å²) in [6.07, 6.45) is 6.14. The Balaban J connectivity index is 1.82. The maximum atomic E-state index is 4.80. The van der Waals surface area contributed by atoms with Gasteiger partial charge in [-0.3, -0.25) is 10.1 Å². The molecule has 0 saturated carbocycles. The standard InChI is InChI=1S/C16H23N5/c1-11(2)21-6-4-5-13(10-21)15-8-17-9-16(18-15)14-7-12(3)19-20-14/h7-9,11,13H,4-6,10H2,1-3H3,(H,19,20)/t13-/m0/s1. The lowest BCUT2D eigenvalue weighted by Crippen LogP contribution is -2.39. The molecule has 5 nitrogen and oxygen atoms in total. The summed E-state index contributed by atoms with van der Waals surface area (Å²) in [6.45, 7) is 8.79. The fourth-order valence-corrected chi connectivity index (χ4v) is 2.97. The van der Waals surface area contributed by atoms with E-state index >= 15 is 0 Å². The van der Waals surface area contributed by atoms with Crippen LogP contribution in [0.2, 0.25) is 0 Å². The third-order valence-electron chi connectivity index (χ3n) is 4.22. The van der Waals surface area contributed by atoms with Crippen LogP contribution >= 0.6 is 0 Å². The lowest BCUT2D eigenvalue weighted by atomic mass is 9.94. The zero-order valence-corrected chi connectivity index (χ0v) is 13.0. The number of H-pyrrole nitrogens is 1. The lowest BCUT2D eigenvalue weighted by Gasteiger charge is -2.35. The Morgan fingerprint density at radius 3 is 2.86 bits per heavy atom. The molecule has 1 aliphatic heterocycles. The van der Waals surface area contributed by atoms with Crippen molar-refractivity contribution >= 4 is 0 Å². The first kappa shape index (κ1) is 14.2. The van der Waals surface area contributed by atoms with Gasteiger partial charge in [0.1, 0.15) is 11.4 Å². The average Bonchev–Trinajstić information content (AvgIpc) is 2.94. The van der Waals surface area contributed by atoms with E-state index in [1.807, 2.05) is 19.2 Å². The average molecular weight is 285 g/mol. The van der Waals surface area contributed by atoms with E-state index in [0.29, 0.717) is 12.0 Å². The van der Waals surface area contributed by atoms with E-state index in [9.17, 15) is 0 Å². The zero-order valence-electron chi connectivity index (χ0n) is 13.0. The summed E-state index contributed by atoms with van der Waals surface area (Å²) in [5.41, 5.74) is 3.87. The quantitative estimate of drug-likeness (QED) is 0.942. The molecule has 0 aliphatic carbocycles. The molecule has 112 valence electrons. The number of likely N-dealkylation sites (tertiary alicyclic amines) is 1. The number of aryl methyl sites for hydroxylation is 1. The fourth-order valence-electron chi connectivity index (χ4n) is 2.97. The van der Waals surface area contributed by atoms with Gasteiger partial charge in [0.15, 0.2) is 0 Å². The Kier molecular flexibility index (Phi) is 4.01. The van der Waals surface area contributed by atoms with Crippen LogP contribution in [0.25, 0.3) is 11.4 Å². The molecule has 0 unspecified atom stereocenters. The molecular weight excluding hydrogens is 262 g/mol. The summed E-state index contributed by atoms with van der Waals surface area (Å²) in [6, 6.07) is 2.60. The molecule has 3 rings (SSSR count). The van der Waals surface area contributed by atoms with Gasteiger partial charge in [-0.25, -0.2) is 4.98 Å². The van der Waals surface area contributed by atoms with E-state index in [1.54, 1.807) is 6.20 Å². The van der Waals surface area contributed by atoms with E-state index in [0.717, 1.165) is 29.3 Å². The van der Waals surface area contributed by atoms with E-state index in [2.05, 4.69) is 33.9 Å². The van der Waals surface area contributed by atoms with Gasteiger partial charge in [0.2, 0.25) is 0 Å². The Labute approximate surface area is 125 Å². The topological polar surface area (TPSA) is 57.7 Å². The highest BCUT2D eigenvalue weighted by Crippen LogP contribution is 2.27. The van der Waals surface area contributed by atoms with Gasteiger partial charge in [0.05, 0.1) is 11.9 Å². The van der Waals surface area contributed by atoms with Crippen molar-refractivity contribution in [1.82, 2.24) is 25.1 Å². The molecule has 1 saturated heterocycles. The van der Waals surface area contributed by atoms with E-state index in [1.165, 1.54) is 19.4 Å². The molecule has 3 heterocycles. The van der Waals surface area contributed by atoms with Gasteiger partial charge in [-0.1, -0.05) is 0 Å².